The van der Waals surface area contributed by atoms with E-state index in [-0.39, 0.29) is 17.5 Å². The van der Waals surface area contributed by atoms with E-state index in [1.165, 1.54) is 12.8 Å². The van der Waals surface area contributed by atoms with E-state index in [4.69, 9.17) is 9.47 Å². The Labute approximate surface area is 149 Å². The molecule has 3 rings (SSSR count). The highest BCUT2D eigenvalue weighted by Gasteiger charge is 2.17. The number of benzene rings is 2. The average molecular weight is 361 g/mol. The van der Waals surface area contributed by atoms with Gasteiger partial charge in [0.2, 0.25) is 10.0 Å². The fourth-order valence-corrected chi connectivity index (χ4v) is 3.92. The van der Waals surface area contributed by atoms with Crippen LogP contribution in [0.5, 0.6) is 11.5 Å². The third-order valence-electron chi connectivity index (χ3n) is 4.36. The topological polar surface area (TPSA) is 64.6 Å². The molecular formula is C19H23NO4S. The van der Waals surface area contributed by atoms with Crippen LogP contribution < -0.4 is 14.2 Å². The van der Waals surface area contributed by atoms with Crippen molar-refractivity contribution in [3.05, 3.63) is 54.1 Å². The van der Waals surface area contributed by atoms with Crippen LogP contribution in [0.25, 0.3) is 0 Å². The predicted octanol–water partition coefficient (Wildman–Crippen LogP) is 3.50. The molecule has 1 aliphatic carbocycles. The lowest BCUT2D eigenvalue weighted by Gasteiger charge is -2.13. The van der Waals surface area contributed by atoms with Gasteiger partial charge in [0.1, 0.15) is 11.5 Å². The average Bonchev–Trinajstić information content (AvgIpc) is 3.14. The van der Waals surface area contributed by atoms with Crippen molar-refractivity contribution in [1.82, 2.24) is 4.72 Å². The smallest absolute Gasteiger partial charge is 0.240 e. The summed E-state index contributed by atoms with van der Waals surface area (Å²) in [6.07, 6.45) is 4.81. The zero-order valence-electron chi connectivity index (χ0n) is 14.3. The van der Waals surface area contributed by atoms with Crippen molar-refractivity contribution in [3.63, 3.8) is 0 Å². The highest BCUT2D eigenvalue weighted by molar-refractivity contribution is 7.89. The predicted molar refractivity (Wildman–Crippen MR) is 96.3 cm³/mol. The first-order chi connectivity index (χ1) is 12.1. The molecule has 0 amide bonds. The van der Waals surface area contributed by atoms with Gasteiger partial charge in [0.15, 0.2) is 0 Å². The van der Waals surface area contributed by atoms with Crippen LogP contribution in [-0.4, -0.2) is 21.6 Å². The largest absolute Gasteiger partial charge is 0.497 e. The molecule has 0 heterocycles. The Morgan fingerprint density at radius 3 is 2.16 bits per heavy atom. The van der Waals surface area contributed by atoms with Crippen LogP contribution >= 0.6 is 0 Å². The molecule has 134 valence electrons. The van der Waals surface area contributed by atoms with Crippen molar-refractivity contribution in [2.45, 2.75) is 43.2 Å². The highest BCUT2D eigenvalue weighted by atomic mass is 32.2. The second kappa shape index (κ2) is 7.89. The zero-order valence-corrected chi connectivity index (χ0v) is 15.1. The van der Waals surface area contributed by atoms with E-state index < -0.39 is 10.0 Å². The summed E-state index contributed by atoms with van der Waals surface area (Å²) in [5, 5.41) is 0. The molecule has 0 bridgehead atoms. The van der Waals surface area contributed by atoms with Gasteiger partial charge in [-0.1, -0.05) is 12.1 Å². The third-order valence-corrected chi connectivity index (χ3v) is 5.78. The van der Waals surface area contributed by atoms with Gasteiger partial charge in [0.05, 0.1) is 18.1 Å². The Balaban J connectivity index is 1.60. The molecule has 1 saturated carbocycles. The molecule has 0 saturated heterocycles. The van der Waals surface area contributed by atoms with E-state index in [2.05, 4.69) is 4.72 Å². The zero-order chi connectivity index (χ0) is 17.7. The molecule has 0 unspecified atom stereocenters. The van der Waals surface area contributed by atoms with Crippen molar-refractivity contribution >= 4 is 10.0 Å². The van der Waals surface area contributed by atoms with E-state index in [1.54, 1.807) is 43.5 Å². The first kappa shape index (κ1) is 17.8. The number of rotatable bonds is 7. The lowest BCUT2D eigenvalue weighted by atomic mass is 10.2. The van der Waals surface area contributed by atoms with Gasteiger partial charge in [-0.25, -0.2) is 13.1 Å². The third kappa shape index (κ3) is 4.74. The van der Waals surface area contributed by atoms with Gasteiger partial charge in [-0.05, 0) is 67.6 Å². The summed E-state index contributed by atoms with van der Waals surface area (Å²) in [5.41, 5.74) is 0.866. The molecule has 2 aromatic carbocycles. The van der Waals surface area contributed by atoms with Gasteiger partial charge < -0.3 is 9.47 Å². The summed E-state index contributed by atoms with van der Waals surface area (Å²) in [7, 11) is -1.96. The van der Waals surface area contributed by atoms with E-state index in [9.17, 15) is 8.42 Å². The minimum Gasteiger partial charge on any atom is -0.497 e. The molecule has 1 fully saturated rings. The summed E-state index contributed by atoms with van der Waals surface area (Å²) in [6.45, 7) is 0.229. The Morgan fingerprint density at radius 1 is 0.960 bits per heavy atom. The fraction of sp³-hybridized carbons (Fsp3) is 0.368. The van der Waals surface area contributed by atoms with Gasteiger partial charge >= 0.3 is 0 Å². The van der Waals surface area contributed by atoms with Crippen molar-refractivity contribution in [2.24, 2.45) is 0 Å². The van der Waals surface area contributed by atoms with Crippen LogP contribution in [-0.2, 0) is 16.6 Å². The fourth-order valence-electron chi connectivity index (χ4n) is 2.90. The second-order valence-corrected chi connectivity index (χ2v) is 7.94. The summed E-state index contributed by atoms with van der Waals surface area (Å²) in [6, 6.07) is 13.9. The molecule has 25 heavy (non-hydrogen) atoms. The number of sulfonamides is 1. The molecule has 0 radical (unpaired) electrons. The van der Waals surface area contributed by atoms with E-state index >= 15 is 0 Å². The first-order valence-corrected chi connectivity index (χ1v) is 9.94. The maximum absolute atomic E-state index is 12.4. The number of ether oxygens (including phenoxy) is 2. The van der Waals surface area contributed by atoms with Crippen LogP contribution in [0.15, 0.2) is 53.4 Å². The minimum absolute atomic E-state index is 0.229. The maximum Gasteiger partial charge on any atom is 0.240 e. The summed E-state index contributed by atoms with van der Waals surface area (Å²) in [4.78, 5) is 0.236. The molecule has 6 heteroatoms. The number of hydrogen-bond donors (Lipinski definition) is 1. The second-order valence-electron chi connectivity index (χ2n) is 6.17. The van der Waals surface area contributed by atoms with Crippen molar-refractivity contribution in [3.8, 4) is 11.5 Å². The molecule has 1 aliphatic rings. The Hall–Kier alpha value is -2.05. The standard InChI is InChI=1S/C19H23NO4S/c1-23-16-8-6-15(7-9-16)14-20-25(21,22)19-12-10-18(11-13-19)24-17-4-2-3-5-17/h6-13,17,20H,2-5,14H2,1H3. The van der Waals surface area contributed by atoms with Crippen LogP contribution in [0, 0.1) is 0 Å². The van der Waals surface area contributed by atoms with E-state index in [0.29, 0.717) is 0 Å². The van der Waals surface area contributed by atoms with Crippen molar-refractivity contribution in [1.29, 1.82) is 0 Å². The molecule has 1 N–H and O–H groups in total. The normalized spacial score (nSPS) is 15.2. The van der Waals surface area contributed by atoms with Crippen molar-refractivity contribution < 1.29 is 17.9 Å². The molecule has 0 aliphatic heterocycles. The summed E-state index contributed by atoms with van der Waals surface area (Å²) in [5.74, 6) is 1.46. The van der Waals surface area contributed by atoms with Gasteiger partial charge in [-0.2, -0.15) is 0 Å². The minimum atomic E-state index is -3.55. The lowest BCUT2D eigenvalue weighted by molar-refractivity contribution is 0.210. The Morgan fingerprint density at radius 2 is 1.56 bits per heavy atom. The van der Waals surface area contributed by atoms with Gasteiger partial charge in [0.25, 0.3) is 0 Å². The Bertz CT molecular complexity index is 779. The highest BCUT2D eigenvalue weighted by Crippen LogP contribution is 2.25. The maximum atomic E-state index is 12.4. The van der Waals surface area contributed by atoms with Crippen LogP contribution in [0.1, 0.15) is 31.2 Å². The van der Waals surface area contributed by atoms with Crippen molar-refractivity contribution in [2.75, 3.05) is 7.11 Å². The van der Waals surface area contributed by atoms with Gasteiger partial charge in [-0.3, -0.25) is 0 Å². The van der Waals surface area contributed by atoms with Gasteiger partial charge in [0, 0.05) is 6.54 Å². The van der Waals surface area contributed by atoms with Crippen LogP contribution in [0.2, 0.25) is 0 Å². The number of nitrogens with one attached hydrogen (secondary N) is 1. The molecule has 5 nitrogen and oxygen atoms in total. The molecule has 0 aromatic heterocycles. The number of methoxy groups -OCH3 is 1. The van der Waals surface area contributed by atoms with Crippen LogP contribution in [0.3, 0.4) is 0 Å². The summed E-state index contributed by atoms with van der Waals surface area (Å²) >= 11 is 0. The summed E-state index contributed by atoms with van der Waals surface area (Å²) < 4.78 is 38.4. The molecule has 0 spiro atoms. The Kier molecular flexibility index (Phi) is 5.60. The van der Waals surface area contributed by atoms with Gasteiger partial charge in [-0.15, -0.1) is 0 Å². The molecular weight excluding hydrogens is 338 g/mol. The monoisotopic (exact) mass is 361 g/mol. The molecule has 0 atom stereocenters. The number of hydrogen-bond acceptors (Lipinski definition) is 4. The lowest BCUT2D eigenvalue weighted by Crippen LogP contribution is -2.23. The molecule has 2 aromatic rings. The van der Waals surface area contributed by atoms with Crippen LogP contribution in [0.4, 0.5) is 0 Å². The first-order valence-electron chi connectivity index (χ1n) is 8.46. The van der Waals surface area contributed by atoms with E-state index in [1.807, 2.05) is 12.1 Å². The quantitative estimate of drug-likeness (QED) is 0.820. The van der Waals surface area contributed by atoms with E-state index in [0.717, 1.165) is 29.9 Å². The SMILES string of the molecule is COc1ccc(CNS(=O)(=O)c2ccc(OC3CCCC3)cc2)cc1.